The maximum atomic E-state index is 13.0. The monoisotopic (exact) mass is 443 g/mol. The number of hydrogen-bond acceptors (Lipinski definition) is 6. The van der Waals surface area contributed by atoms with Gasteiger partial charge >= 0.3 is 0 Å². The fraction of sp³-hybridized carbons (Fsp3) is 0.364. The van der Waals surface area contributed by atoms with Crippen molar-refractivity contribution in [1.29, 1.82) is 0 Å². The zero-order chi connectivity index (χ0) is 21.0. The Balaban J connectivity index is 1.48. The van der Waals surface area contributed by atoms with Gasteiger partial charge in [-0.05, 0) is 38.4 Å². The fourth-order valence-electron chi connectivity index (χ4n) is 4.11. The molecule has 156 valence electrons. The Labute approximate surface area is 183 Å². The van der Waals surface area contributed by atoms with E-state index in [1.807, 2.05) is 43.3 Å². The molecule has 0 radical (unpaired) electrons. The van der Waals surface area contributed by atoms with Gasteiger partial charge in [0.25, 0.3) is 5.91 Å². The Kier molecular flexibility index (Phi) is 4.94. The smallest absolute Gasteiger partial charge is 0.264 e. The first-order valence-electron chi connectivity index (χ1n) is 9.87. The van der Waals surface area contributed by atoms with E-state index in [4.69, 9.17) is 16.3 Å². The molecule has 30 heavy (non-hydrogen) atoms. The van der Waals surface area contributed by atoms with Crippen molar-refractivity contribution in [3.63, 3.8) is 0 Å². The molecule has 2 aliphatic heterocycles. The van der Waals surface area contributed by atoms with Crippen LogP contribution in [0.3, 0.4) is 0 Å². The highest BCUT2D eigenvalue weighted by Crippen LogP contribution is 2.44. The van der Waals surface area contributed by atoms with Crippen LogP contribution in [-0.4, -0.2) is 65.1 Å². The van der Waals surface area contributed by atoms with Gasteiger partial charge in [-0.3, -0.25) is 9.78 Å². The Morgan fingerprint density at radius 3 is 2.87 bits per heavy atom. The highest BCUT2D eigenvalue weighted by molar-refractivity contribution is 7.19. The van der Waals surface area contributed by atoms with Gasteiger partial charge < -0.3 is 19.6 Å². The third-order valence-corrected chi connectivity index (χ3v) is 7.25. The highest BCUT2D eigenvalue weighted by atomic mass is 35.5. The van der Waals surface area contributed by atoms with E-state index in [0.29, 0.717) is 23.2 Å². The number of likely N-dealkylation sites (N-methyl/N-ethyl adjacent to an activating group) is 1. The molecule has 1 atom stereocenters. The fourth-order valence-corrected chi connectivity index (χ4v) is 5.35. The molecule has 5 rings (SSSR count). The summed E-state index contributed by atoms with van der Waals surface area (Å²) in [7, 11) is 4.07. The Morgan fingerprint density at radius 1 is 1.33 bits per heavy atom. The van der Waals surface area contributed by atoms with Gasteiger partial charge in [0.2, 0.25) is 0 Å². The van der Waals surface area contributed by atoms with E-state index in [9.17, 15) is 9.90 Å². The Hall–Kier alpha value is -2.19. The van der Waals surface area contributed by atoms with Crippen molar-refractivity contribution < 1.29 is 14.6 Å². The second-order valence-corrected chi connectivity index (χ2v) is 9.63. The van der Waals surface area contributed by atoms with Crippen LogP contribution in [0.1, 0.15) is 10.4 Å². The second-order valence-electron chi connectivity index (χ2n) is 8.06. The number of carbonyl (C=O) groups excluding carboxylic acids is 1. The van der Waals surface area contributed by atoms with Crippen LogP contribution in [0, 0.1) is 0 Å². The molecule has 0 aliphatic carbocycles. The number of thiophene rings is 1. The number of hydrogen-bond donors (Lipinski definition) is 1. The van der Waals surface area contributed by atoms with Gasteiger partial charge in [0.1, 0.15) is 5.75 Å². The summed E-state index contributed by atoms with van der Waals surface area (Å²) in [5.41, 5.74) is 3.59. The largest absolute Gasteiger partial charge is 0.479 e. The van der Waals surface area contributed by atoms with Crippen LogP contribution in [-0.2, 0) is 17.8 Å². The molecule has 1 amide bonds. The molecule has 1 saturated heterocycles. The number of rotatable bonds is 4. The van der Waals surface area contributed by atoms with Crippen molar-refractivity contribution in [2.75, 3.05) is 27.2 Å². The first-order chi connectivity index (χ1) is 14.4. The molecule has 1 N–H and O–H groups in total. The number of carbonyl (C=O) groups is 1. The predicted molar refractivity (Wildman–Crippen MR) is 118 cm³/mol. The molecule has 2 aromatic heterocycles. The average Bonchev–Trinajstić information content (AvgIpc) is 3.29. The first-order valence-corrected chi connectivity index (χ1v) is 11.1. The molecule has 4 heterocycles. The molecule has 1 fully saturated rings. The van der Waals surface area contributed by atoms with Crippen molar-refractivity contribution in [3.8, 4) is 16.9 Å². The minimum absolute atomic E-state index is 0.0228. The summed E-state index contributed by atoms with van der Waals surface area (Å²) in [6.45, 7) is 1.45. The predicted octanol–water partition coefficient (Wildman–Crippen LogP) is 3.18. The van der Waals surface area contributed by atoms with Crippen molar-refractivity contribution in [2.24, 2.45) is 0 Å². The van der Waals surface area contributed by atoms with Gasteiger partial charge in [0, 0.05) is 58.3 Å². The van der Waals surface area contributed by atoms with Crippen LogP contribution < -0.4 is 4.74 Å². The summed E-state index contributed by atoms with van der Waals surface area (Å²) in [5, 5.41) is 10.1. The molecule has 2 aliphatic rings. The van der Waals surface area contributed by atoms with Crippen molar-refractivity contribution in [3.05, 3.63) is 45.9 Å². The Morgan fingerprint density at radius 2 is 2.13 bits per heavy atom. The van der Waals surface area contributed by atoms with Gasteiger partial charge in [-0.25, -0.2) is 0 Å². The summed E-state index contributed by atoms with van der Waals surface area (Å²) >= 11 is 7.94. The van der Waals surface area contributed by atoms with E-state index in [0.717, 1.165) is 44.9 Å². The molecule has 0 bridgehead atoms. The quantitative estimate of drug-likeness (QED) is 0.670. The molecular formula is C22H22ClN3O3S. The number of likely N-dealkylation sites (tertiary alicyclic amines) is 1. The number of halogens is 1. The molecule has 6 nitrogen and oxygen atoms in total. The standard InChI is InChI=1S/C22H22ClN3O3S/c1-25(2)14-9-26(10-14)22(28)19-6-12-5-13(23)7-17(20(12)29-19)16-3-4-24-18-8-15(11-27)30-21(16)18/h3-5,7-8,14,19,27H,6,9-11H2,1-2H3. The summed E-state index contributed by atoms with van der Waals surface area (Å²) in [5.74, 6) is 0.749. The lowest BCUT2D eigenvalue weighted by atomic mass is 10.00. The van der Waals surface area contributed by atoms with Crippen LogP contribution in [0.15, 0.2) is 30.5 Å². The lowest BCUT2D eigenvalue weighted by Gasteiger charge is -2.43. The van der Waals surface area contributed by atoms with Gasteiger partial charge in [-0.15, -0.1) is 11.3 Å². The van der Waals surface area contributed by atoms with Crippen LogP contribution in [0.2, 0.25) is 5.02 Å². The summed E-state index contributed by atoms with van der Waals surface area (Å²) in [6.07, 6.45) is 1.75. The number of amides is 1. The zero-order valence-corrected chi connectivity index (χ0v) is 18.3. The number of benzene rings is 1. The van der Waals surface area contributed by atoms with Crippen molar-refractivity contribution >= 4 is 39.1 Å². The van der Waals surface area contributed by atoms with Crippen molar-refractivity contribution in [1.82, 2.24) is 14.8 Å². The number of fused-ring (bicyclic) bond motifs is 2. The number of pyridine rings is 1. The molecule has 1 unspecified atom stereocenters. The molecule has 0 saturated carbocycles. The normalized spacial score (nSPS) is 18.6. The number of aromatic nitrogens is 1. The first kappa shape index (κ1) is 19.8. The third kappa shape index (κ3) is 3.26. The summed E-state index contributed by atoms with van der Waals surface area (Å²) in [4.78, 5) is 22.2. The van der Waals surface area contributed by atoms with E-state index in [2.05, 4.69) is 9.88 Å². The van der Waals surface area contributed by atoms with Gasteiger partial charge in [-0.1, -0.05) is 11.6 Å². The third-order valence-electron chi connectivity index (χ3n) is 5.88. The number of nitrogens with zero attached hydrogens (tertiary/aromatic N) is 3. The molecule has 3 aromatic rings. The van der Waals surface area contributed by atoms with E-state index < -0.39 is 6.10 Å². The SMILES string of the molecule is CN(C)C1CN(C(=O)C2Cc3cc(Cl)cc(-c4ccnc5cc(CO)sc45)c3O2)C1. The minimum atomic E-state index is -0.519. The summed E-state index contributed by atoms with van der Waals surface area (Å²) < 4.78 is 7.19. The maximum Gasteiger partial charge on any atom is 0.264 e. The number of ether oxygens (including phenoxy) is 1. The average molecular weight is 444 g/mol. The highest BCUT2D eigenvalue weighted by Gasteiger charge is 2.40. The summed E-state index contributed by atoms with van der Waals surface area (Å²) in [6, 6.07) is 8.01. The van der Waals surface area contributed by atoms with Crippen molar-refractivity contribution in [2.45, 2.75) is 25.2 Å². The van der Waals surface area contributed by atoms with E-state index in [1.54, 1.807) is 6.20 Å². The van der Waals surface area contributed by atoms with E-state index in [-0.39, 0.29) is 12.5 Å². The van der Waals surface area contributed by atoms with Crippen LogP contribution in [0.25, 0.3) is 21.3 Å². The second kappa shape index (κ2) is 7.50. The van der Waals surface area contributed by atoms with Gasteiger partial charge in [0.05, 0.1) is 16.8 Å². The molecule has 1 aromatic carbocycles. The van der Waals surface area contributed by atoms with Crippen LogP contribution in [0.5, 0.6) is 5.75 Å². The number of aliphatic hydroxyl groups excluding tert-OH is 1. The van der Waals surface area contributed by atoms with E-state index >= 15 is 0 Å². The lowest BCUT2D eigenvalue weighted by molar-refractivity contribution is -0.144. The van der Waals surface area contributed by atoms with E-state index in [1.165, 1.54) is 11.3 Å². The van der Waals surface area contributed by atoms with Crippen LogP contribution >= 0.6 is 22.9 Å². The van der Waals surface area contributed by atoms with Gasteiger partial charge in [-0.2, -0.15) is 0 Å². The Bertz CT molecular complexity index is 1140. The maximum absolute atomic E-state index is 13.0. The minimum Gasteiger partial charge on any atom is -0.479 e. The number of aliphatic hydroxyl groups is 1. The molecular weight excluding hydrogens is 422 g/mol. The molecule has 0 spiro atoms. The lowest BCUT2D eigenvalue weighted by Crippen LogP contribution is -2.61. The molecule has 8 heteroatoms. The zero-order valence-electron chi connectivity index (χ0n) is 16.8. The van der Waals surface area contributed by atoms with Crippen LogP contribution in [0.4, 0.5) is 0 Å². The van der Waals surface area contributed by atoms with Gasteiger partial charge in [0.15, 0.2) is 6.10 Å². The topological polar surface area (TPSA) is 65.9 Å².